The Morgan fingerprint density at radius 2 is 1.83 bits per heavy atom. The molecule has 152 valence electrons. The number of hydrogen-bond donors (Lipinski definition) is 0. The van der Waals surface area contributed by atoms with Gasteiger partial charge in [-0.05, 0) is 36.6 Å². The summed E-state index contributed by atoms with van der Waals surface area (Å²) in [6.45, 7) is 5.53. The summed E-state index contributed by atoms with van der Waals surface area (Å²) in [6, 6.07) is 15.1. The highest BCUT2D eigenvalue weighted by atomic mass is 32.1. The third-order valence-electron chi connectivity index (χ3n) is 4.85. The van der Waals surface area contributed by atoms with E-state index < -0.39 is 11.6 Å². The summed E-state index contributed by atoms with van der Waals surface area (Å²) in [5.41, 5.74) is 3.55. The van der Waals surface area contributed by atoms with Crippen LogP contribution in [0.1, 0.15) is 31.2 Å². The number of fused-ring (bicyclic) bond motifs is 1. The number of carbonyl (C=O) groups is 1. The lowest BCUT2D eigenvalue weighted by Crippen LogP contribution is -2.04. The second-order valence-corrected chi connectivity index (χ2v) is 8.02. The van der Waals surface area contributed by atoms with Crippen LogP contribution in [-0.4, -0.2) is 11.0 Å². The molecular formula is C24H21NO4S. The molecule has 0 amide bonds. The number of thiazole rings is 1. The quantitative estimate of drug-likeness (QED) is 0.238. The zero-order valence-electron chi connectivity index (χ0n) is 17.0. The molecular weight excluding hydrogens is 398 g/mol. The van der Waals surface area contributed by atoms with E-state index in [-0.39, 0.29) is 0 Å². The zero-order valence-corrected chi connectivity index (χ0v) is 17.8. The molecule has 0 aliphatic heterocycles. The lowest BCUT2D eigenvalue weighted by Gasteiger charge is -2.03. The molecule has 2 heterocycles. The average molecular weight is 420 g/mol. The van der Waals surface area contributed by atoms with Gasteiger partial charge in [0.1, 0.15) is 16.3 Å². The highest BCUT2D eigenvalue weighted by Gasteiger charge is 2.17. The Labute approximate surface area is 178 Å². The monoisotopic (exact) mass is 419 g/mol. The summed E-state index contributed by atoms with van der Waals surface area (Å²) in [5.74, 6) is -0.0890. The smallest absolute Gasteiger partial charge is 0.346 e. The van der Waals surface area contributed by atoms with Crippen molar-refractivity contribution in [3.05, 3.63) is 69.4 Å². The number of esters is 1. The van der Waals surface area contributed by atoms with Crippen molar-refractivity contribution in [3.63, 3.8) is 0 Å². The van der Waals surface area contributed by atoms with Crippen LogP contribution in [-0.2, 0) is 17.6 Å². The first-order chi connectivity index (χ1) is 14.5. The van der Waals surface area contributed by atoms with Crippen molar-refractivity contribution in [2.45, 2.75) is 33.6 Å². The van der Waals surface area contributed by atoms with Gasteiger partial charge in [-0.3, -0.25) is 4.79 Å². The number of aryl methyl sites for hydroxylation is 2. The minimum atomic E-state index is -0.466. The first kappa shape index (κ1) is 20.0. The van der Waals surface area contributed by atoms with Crippen molar-refractivity contribution in [2.24, 2.45) is 0 Å². The van der Waals surface area contributed by atoms with Gasteiger partial charge in [-0.15, -0.1) is 11.3 Å². The normalized spacial score (nSPS) is 11.0. The molecule has 0 aliphatic rings. The van der Waals surface area contributed by atoms with Gasteiger partial charge in [-0.2, -0.15) is 0 Å². The molecule has 0 radical (unpaired) electrons. The minimum absolute atomic E-state index is 0.339. The highest BCUT2D eigenvalue weighted by molar-refractivity contribution is 7.15. The molecule has 0 bridgehead atoms. The van der Waals surface area contributed by atoms with E-state index in [4.69, 9.17) is 14.1 Å². The number of aromatic nitrogens is 1. The molecule has 4 rings (SSSR count). The van der Waals surface area contributed by atoms with Crippen molar-refractivity contribution in [1.82, 2.24) is 4.98 Å². The lowest BCUT2D eigenvalue weighted by molar-refractivity contribution is -0.131. The maximum Gasteiger partial charge on any atom is 0.346 e. The van der Waals surface area contributed by atoms with E-state index in [0.717, 1.165) is 34.4 Å². The predicted octanol–water partition coefficient (Wildman–Crippen LogP) is 5.63. The van der Waals surface area contributed by atoms with E-state index in [2.05, 4.69) is 38.1 Å². The molecule has 0 saturated carbocycles. The molecule has 6 heteroatoms. The number of carbonyl (C=O) groups excluding carboxylic acids is 1. The summed E-state index contributed by atoms with van der Waals surface area (Å²) < 4.78 is 10.6. The van der Waals surface area contributed by atoms with Gasteiger partial charge < -0.3 is 9.15 Å². The summed E-state index contributed by atoms with van der Waals surface area (Å²) in [5, 5.41) is 1.38. The molecule has 2 aromatic carbocycles. The molecule has 0 spiro atoms. The highest BCUT2D eigenvalue weighted by Crippen LogP contribution is 2.34. The van der Waals surface area contributed by atoms with Gasteiger partial charge >= 0.3 is 11.6 Å². The molecule has 2 aromatic heterocycles. The van der Waals surface area contributed by atoms with Crippen molar-refractivity contribution in [1.29, 1.82) is 0 Å². The second kappa shape index (κ2) is 8.24. The van der Waals surface area contributed by atoms with E-state index in [9.17, 15) is 9.59 Å². The molecule has 0 unspecified atom stereocenters. The van der Waals surface area contributed by atoms with E-state index >= 15 is 0 Å². The number of hydrogen-bond acceptors (Lipinski definition) is 6. The van der Waals surface area contributed by atoms with Crippen molar-refractivity contribution < 1.29 is 13.9 Å². The van der Waals surface area contributed by atoms with Gasteiger partial charge in [0.25, 0.3) is 0 Å². The number of rotatable bonds is 5. The fraction of sp³-hybridized carbons (Fsp3) is 0.208. The van der Waals surface area contributed by atoms with Crippen molar-refractivity contribution in [3.8, 4) is 27.6 Å². The van der Waals surface area contributed by atoms with E-state index in [1.54, 1.807) is 24.3 Å². The van der Waals surface area contributed by atoms with Crippen LogP contribution >= 0.6 is 11.3 Å². The Balaban J connectivity index is 1.77. The van der Waals surface area contributed by atoms with Crippen LogP contribution < -0.4 is 10.4 Å². The van der Waals surface area contributed by atoms with Crippen LogP contribution in [0.25, 0.3) is 32.8 Å². The standard InChI is InChI=1S/C24H21NO4S/c1-4-15-6-8-16(9-7-15)22-21(5-2)30-23(25-22)19-12-17-10-11-18(28-14(3)26)13-20(17)29-24(19)27/h6-13H,4-5H2,1-3H3. The first-order valence-electron chi connectivity index (χ1n) is 9.84. The second-order valence-electron chi connectivity index (χ2n) is 6.94. The van der Waals surface area contributed by atoms with Crippen LogP contribution in [0.3, 0.4) is 0 Å². The fourth-order valence-corrected chi connectivity index (χ4v) is 4.33. The number of ether oxygens (including phenoxy) is 1. The SMILES string of the molecule is CCc1ccc(-c2nc(-c3cc4ccc(OC(C)=O)cc4oc3=O)sc2CC)cc1. The molecule has 4 aromatic rings. The van der Waals surface area contributed by atoms with Crippen LogP contribution in [0.15, 0.2) is 57.7 Å². The maximum absolute atomic E-state index is 12.7. The predicted molar refractivity (Wildman–Crippen MR) is 119 cm³/mol. The average Bonchev–Trinajstić information content (AvgIpc) is 3.17. The number of benzene rings is 2. The Morgan fingerprint density at radius 1 is 1.07 bits per heavy atom. The molecule has 0 atom stereocenters. The van der Waals surface area contributed by atoms with Gasteiger partial charge in [0.05, 0.1) is 11.3 Å². The Bertz CT molecular complexity index is 1290. The largest absolute Gasteiger partial charge is 0.427 e. The Kier molecular flexibility index (Phi) is 5.50. The Morgan fingerprint density at radius 3 is 2.50 bits per heavy atom. The van der Waals surface area contributed by atoms with Gasteiger partial charge in [-0.25, -0.2) is 9.78 Å². The minimum Gasteiger partial charge on any atom is -0.427 e. The van der Waals surface area contributed by atoms with E-state index in [1.165, 1.54) is 23.8 Å². The maximum atomic E-state index is 12.7. The third-order valence-corrected chi connectivity index (χ3v) is 6.09. The van der Waals surface area contributed by atoms with E-state index in [0.29, 0.717) is 21.9 Å². The first-order valence-corrected chi connectivity index (χ1v) is 10.7. The molecule has 0 aliphatic carbocycles. The van der Waals surface area contributed by atoms with Gasteiger partial charge in [0.15, 0.2) is 0 Å². The summed E-state index contributed by atoms with van der Waals surface area (Å²) in [4.78, 5) is 29.8. The molecule has 5 nitrogen and oxygen atoms in total. The summed E-state index contributed by atoms with van der Waals surface area (Å²) in [7, 11) is 0. The third kappa shape index (κ3) is 3.91. The van der Waals surface area contributed by atoms with Gasteiger partial charge in [-0.1, -0.05) is 38.1 Å². The van der Waals surface area contributed by atoms with Gasteiger partial charge in [0.2, 0.25) is 0 Å². The van der Waals surface area contributed by atoms with Crippen molar-refractivity contribution >= 4 is 28.3 Å². The number of nitrogens with zero attached hydrogens (tertiary/aromatic N) is 1. The molecule has 0 fully saturated rings. The lowest BCUT2D eigenvalue weighted by atomic mass is 10.1. The summed E-state index contributed by atoms with van der Waals surface area (Å²) in [6.07, 6.45) is 1.81. The molecule has 30 heavy (non-hydrogen) atoms. The van der Waals surface area contributed by atoms with Crippen molar-refractivity contribution in [2.75, 3.05) is 0 Å². The van der Waals surface area contributed by atoms with Crippen LogP contribution in [0.5, 0.6) is 5.75 Å². The zero-order chi connectivity index (χ0) is 21.3. The van der Waals surface area contributed by atoms with Crippen LogP contribution in [0.4, 0.5) is 0 Å². The summed E-state index contributed by atoms with van der Waals surface area (Å²) >= 11 is 1.51. The van der Waals surface area contributed by atoms with E-state index in [1.807, 2.05) is 0 Å². The molecule has 0 N–H and O–H groups in total. The van der Waals surface area contributed by atoms with Gasteiger partial charge in [0, 0.05) is 28.8 Å². The topological polar surface area (TPSA) is 69.4 Å². The van der Waals surface area contributed by atoms with Crippen LogP contribution in [0, 0.1) is 0 Å². The molecule has 0 saturated heterocycles. The Hall–Kier alpha value is -3.25. The fourth-order valence-electron chi connectivity index (χ4n) is 3.30. The van der Waals surface area contributed by atoms with Crippen LogP contribution in [0.2, 0.25) is 0 Å².